The Morgan fingerprint density at radius 2 is 2.39 bits per heavy atom. The van der Waals surface area contributed by atoms with Crippen molar-refractivity contribution in [3.63, 3.8) is 0 Å². The van der Waals surface area contributed by atoms with Crippen LogP contribution in [0.2, 0.25) is 0 Å². The molecule has 1 unspecified atom stereocenters. The molecule has 1 aliphatic carbocycles. The van der Waals surface area contributed by atoms with E-state index in [0.29, 0.717) is 18.4 Å². The average Bonchev–Trinajstić information content (AvgIpc) is 2.91. The molecule has 0 aromatic carbocycles. The maximum atomic E-state index is 13.4. The van der Waals surface area contributed by atoms with Gasteiger partial charge in [0.15, 0.2) is 0 Å². The number of hydrazine groups is 1. The summed E-state index contributed by atoms with van der Waals surface area (Å²) in [6.45, 7) is 3.59. The third-order valence-corrected chi connectivity index (χ3v) is 4.32. The van der Waals surface area contributed by atoms with Crippen molar-refractivity contribution in [2.24, 2.45) is 0 Å². The van der Waals surface area contributed by atoms with E-state index in [0.717, 1.165) is 0 Å². The predicted molar refractivity (Wildman–Crippen MR) is 83.7 cm³/mol. The lowest BCUT2D eigenvalue weighted by Gasteiger charge is -2.38. The molecule has 2 atom stereocenters. The zero-order valence-corrected chi connectivity index (χ0v) is 13.4. The Hall–Kier alpha value is -2.00. The molecule has 2 rings (SSSR count). The van der Waals surface area contributed by atoms with E-state index in [-0.39, 0.29) is 18.7 Å². The molecule has 1 heterocycles. The highest BCUT2D eigenvalue weighted by Crippen LogP contribution is 2.35. The van der Waals surface area contributed by atoms with Gasteiger partial charge >= 0.3 is 0 Å². The van der Waals surface area contributed by atoms with Crippen LogP contribution in [0.15, 0.2) is 24.5 Å². The van der Waals surface area contributed by atoms with Gasteiger partial charge in [-0.3, -0.25) is 14.8 Å². The Morgan fingerprint density at radius 1 is 1.65 bits per heavy atom. The number of alkyl halides is 2. The number of amides is 1. The highest BCUT2D eigenvalue weighted by molar-refractivity contribution is 5.94. The van der Waals surface area contributed by atoms with Gasteiger partial charge in [0.05, 0.1) is 5.56 Å². The largest absolute Gasteiger partial charge is 0.270 e. The zero-order chi connectivity index (χ0) is 17.1. The maximum Gasteiger partial charge on any atom is 0.270 e. The molecule has 1 N–H and O–H groups in total. The minimum Gasteiger partial charge on any atom is -0.267 e. The third kappa shape index (κ3) is 3.85. The monoisotopic (exact) mass is 321 g/mol. The predicted octanol–water partition coefficient (Wildman–Crippen LogP) is 3.02. The molecule has 0 aliphatic heterocycles. The van der Waals surface area contributed by atoms with Gasteiger partial charge in [0, 0.05) is 31.3 Å². The smallest absolute Gasteiger partial charge is 0.267 e. The highest BCUT2D eigenvalue weighted by Gasteiger charge is 2.42. The van der Waals surface area contributed by atoms with Gasteiger partial charge in [-0.1, -0.05) is 12.8 Å². The van der Waals surface area contributed by atoms with E-state index in [9.17, 15) is 13.6 Å². The van der Waals surface area contributed by atoms with Crippen molar-refractivity contribution in [2.75, 3.05) is 0 Å². The first-order valence-electron chi connectivity index (χ1n) is 7.67. The minimum atomic E-state index is -2.69. The van der Waals surface area contributed by atoms with Gasteiger partial charge < -0.3 is 0 Å². The molecule has 0 saturated heterocycles. The highest BCUT2D eigenvalue weighted by atomic mass is 19.3. The molecule has 1 saturated carbocycles. The lowest BCUT2D eigenvalue weighted by molar-refractivity contribution is -0.000545. The number of nitrogens with zero attached hydrogens (tertiary/aromatic N) is 2. The fraction of sp³-hybridized carbons (Fsp3) is 0.529. The van der Waals surface area contributed by atoms with Crippen LogP contribution in [0.4, 0.5) is 8.78 Å². The Bertz CT molecular complexity index is 600. The number of carbonyl (C=O) groups is 1. The molecule has 1 amide bonds. The Balaban J connectivity index is 2.26. The summed E-state index contributed by atoms with van der Waals surface area (Å²) in [5.41, 5.74) is 2.39. The van der Waals surface area contributed by atoms with Crippen LogP contribution in [0.1, 0.15) is 49.9 Å². The first-order valence-corrected chi connectivity index (χ1v) is 7.67. The summed E-state index contributed by atoms with van der Waals surface area (Å²) in [7, 11) is 0. The van der Waals surface area contributed by atoms with Crippen LogP contribution < -0.4 is 5.43 Å². The number of carbonyl (C=O) groups excluding carboxylic acids is 1. The summed E-state index contributed by atoms with van der Waals surface area (Å²) in [6, 6.07) is 2.79. The zero-order valence-electron chi connectivity index (χ0n) is 13.4. The molecular formula is C17H21F2N3O. The van der Waals surface area contributed by atoms with Crippen molar-refractivity contribution >= 4 is 5.91 Å². The summed E-state index contributed by atoms with van der Waals surface area (Å²) in [6.07, 6.45) is 8.93. The number of rotatable bonds is 5. The van der Waals surface area contributed by atoms with Crippen LogP contribution in [-0.2, 0) is 0 Å². The molecule has 1 aliphatic rings. The summed E-state index contributed by atoms with van der Waals surface area (Å²) in [5, 5.41) is 1.32. The van der Waals surface area contributed by atoms with Crippen molar-refractivity contribution in [2.45, 2.75) is 57.0 Å². The van der Waals surface area contributed by atoms with Crippen LogP contribution in [0, 0.1) is 12.3 Å². The Labute approximate surface area is 135 Å². The molecule has 1 fully saturated rings. The van der Waals surface area contributed by atoms with E-state index in [1.807, 2.05) is 6.92 Å². The van der Waals surface area contributed by atoms with E-state index in [1.54, 1.807) is 25.3 Å². The van der Waals surface area contributed by atoms with Gasteiger partial charge in [-0.05, 0) is 31.9 Å². The van der Waals surface area contributed by atoms with Crippen molar-refractivity contribution in [3.8, 4) is 12.3 Å². The van der Waals surface area contributed by atoms with E-state index in [1.165, 1.54) is 11.2 Å². The standard InChI is InChI=1S/C17H21F2N3O/c1-4-16(3,5-2)22(15(23)13-7-6-10-20-12-13)21-14-8-9-17(18,19)11-14/h1,6-7,10,12,14,21H,5,8-9,11H2,2-3H3/t14?,16-/m0/s1. The minimum absolute atomic E-state index is 0.182. The van der Waals surface area contributed by atoms with E-state index in [2.05, 4.69) is 16.3 Å². The second kappa shape index (κ2) is 6.63. The fourth-order valence-electron chi connectivity index (χ4n) is 2.61. The first kappa shape index (κ1) is 17.4. The summed E-state index contributed by atoms with van der Waals surface area (Å²) in [4.78, 5) is 16.7. The summed E-state index contributed by atoms with van der Waals surface area (Å²) < 4.78 is 26.9. The second-order valence-corrected chi connectivity index (χ2v) is 6.08. The molecular weight excluding hydrogens is 300 g/mol. The number of nitrogens with one attached hydrogen (secondary N) is 1. The molecule has 23 heavy (non-hydrogen) atoms. The van der Waals surface area contributed by atoms with Gasteiger partial charge in [-0.15, -0.1) is 6.42 Å². The first-order chi connectivity index (χ1) is 10.8. The number of terminal acetylenes is 1. The van der Waals surface area contributed by atoms with Gasteiger partial charge in [0.1, 0.15) is 5.54 Å². The molecule has 124 valence electrons. The fourth-order valence-corrected chi connectivity index (χ4v) is 2.61. The number of hydrogen-bond acceptors (Lipinski definition) is 3. The van der Waals surface area contributed by atoms with Gasteiger partial charge in [0.25, 0.3) is 5.91 Å². The molecule has 6 heteroatoms. The van der Waals surface area contributed by atoms with Crippen LogP contribution >= 0.6 is 0 Å². The van der Waals surface area contributed by atoms with E-state index >= 15 is 0 Å². The average molecular weight is 321 g/mol. The second-order valence-electron chi connectivity index (χ2n) is 6.08. The van der Waals surface area contributed by atoms with Gasteiger partial charge in [-0.2, -0.15) is 0 Å². The molecule has 0 radical (unpaired) electrons. The summed E-state index contributed by atoms with van der Waals surface area (Å²) in [5.74, 6) is -0.452. The maximum absolute atomic E-state index is 13.4. The number of hydrogen-bond donors (Lipinski definition) is 1. The van der Waals surface area contributed by atoms with Crippen LogP contribution in [-0.4, -0.2) is 33.4 Å². The van der Waals surface area contributed by atoms with Gasteiger partial charge in [0.2, 0.25) is 5.92 Å². The topological polar surface area (TPSA) is 45.2 Å². The van der Waals surface area contributed by atoms with Crippen molar-refractivity contribution in [1.29, 1.82) is 0 Å². The molecule has 1 aromatic rings. The van der Waals surface area contributed by atoms with Crippen LogP contribution in [0.3, 0.4) is 0 Å². The molecule has 0 spiro atoms. The SMILES string of the molecule is C#C[C@@](C)(CC)N(NC1CCC(F)(F)C1)C(=O)c1cccnc1. The number of halogens is 2. The lowest BCUT2D eigenvalue weighted by Crippen LogP contribution is -2.58. The van der Waals surface area contributed by atoms with Crippen molar-refractivity contribution in [3.05, 3.63) is 30.1 Å². The molecule has 1 aromatic heterocycles. The van der Waals surface area contributed by atoms with Crippen LogP contribution in [0.5, 0.6) is 0 Å². The van der Waals surface area contributed by atoms with Crippen molar-refractivity contribution in [1.82, 2.24) is 15.4 Å². The summed E-state index contributed by atoms with van der Waals surface area (Å²) >= 11 is 0. The normalized spacial score (nSPS) is 22.1. The lowest BCUT2D eigenvalue weighted by atomic mass is 9.98. The number of pyridine rings is 1. The molecule has 0 bridgehead atoms. The Morgan fingerprint density at radius 3 is 2.87 bits per heavy atom. The van der Waals surface area contributed by atoms with Crippen molar-refractivity contribution < 1.29 is 13.6 Å². The molecule has 4 nitrogen and oxygen atoms in total. The quantitative estimate of drug-likeness (QED) is 0.670. The number of aromatic nitrogens is 1. The van der Waals surface area contributed by atoms with Gasteiger partial charge in [-0.25, -0.2) is 14.2 Å². The third-order valence-electron chi connectivity index (χ3n) is 4.32. The van der Waals surface area contributed by atoms with Crippen LogP contribution in [0.25, 0.3) is 0 Å². The Kier molecular flexibility index (Phi) is 5.00. The van der Waals surface area contributed by atoms with E-state index < -0.39 is 17.5 Å². The van der Waals surface area contributed by atoms with E-state index in [4.69, 9.17) is 6.42 Å².